The maximum absolute atomic E-state index is 11.2. The number of aromatic nitrogens is 2. The quantitative estimate of drug-likeness (QED) is 0.193. The SMILES string of the molecule is C1CCOC1.CCc1c(N)cccc1Br.Cn1c(=O)[nH]c2cccc(Br)c21.[2H]CI. The van der Waals surface area contributed by atoms with Crippen molar-refractivity contribution in [3.05, 3.63) is 61.4 Å². The van der Waals surface area contributed by atoms with Crippen molar-refractivity contribution in [3.63, 3.8) is 0 Å². The number of ether oxygens (including phenoxy) is 1. The highest BCUT2D eigenvalue weighted by molar-refractivity contribution is 14.1. The molecule has 2 heterocycles. The molecule has 1 aliphatic rings. The largest absolute Gasteiger partial charge is 0.398 e. The van der Waals surface area contributed by atoms with Crippen molar-refractivity contribution >= 4 is 71.2 Å². The van der Waals surface area contributed by atoms with E-state index in [1.165, 1.54) is 18.4 Å². The summed E-state index contributed by atoms with van der Waals surface area (Å²) in [7, 11) is 1.74. The highest BCUT2D eigenvalue weighted by atomic mass is 127. The summed E-state index contributed by atoms with van der Waals surface area (Å²) in [5, 5.41) is 0. The summed E-state index contributed by atoms with van der Waals surface area (Å²) in [6.45, 7) is 4.09. The van der Waals surface area contributed by atoms with Crippen LogP contribution in [0.25, 0.3) is 11.0 Å². The number of halogens is 3. The molecule has 0 bridgehead atoms. The van der Waals surface area contributed by atoms with Gasteiger partial charge in [-0.1, -0.05) is 57.6 Å². The molecule has 5 nitrogen and oxygen atoms in total. The molecule has 0 aliphatic carbocycles. The number of nitrogens with zero attached hydrogens (tertiary/aromatic N) is 1. The average Bonchev–Trinajstić information content (AvgIpc) is 3.37. The lowest BCUT2D eigenvalue weighted by Crippen LogP contribution is -2.11. The molecule has 160 valence electrons. The molecule has 29 heavy (non-hydrogen) atoms. The van der Waals surface area contributed by atoms with Crippen molar-refractivity contribution < 1.29 is 6.11 Å². The van der Waals surface area contributed by atoms with E-state index in [1.54, 1.807) is 11.6 Å². The van der Waals surface area contributed by atoms with Crippen LogP contribution in [-0.4, -0.2) is 27.7 Å². The Balaban J connectivity index is 0.000000224. The number of nitrogens with two attached hydrogens (primary N) is 1. The van der Waals surface area contributed by atoms with E-state index < -0.39 is 0 Å². The van der Waals surface area contributed by atoms with E-state index in [-0.39, 0.29) is 5.69 Å². The van der Waals surface area contributed by atoms with Gasteiger partial charge < -0.3 is 15.5 Å². The van der Waals surface area contributed by atoms with Crippen LogP contribution in [0.2, 0.25) is 0 Å². The summed E-state index contributed by atoms with van der Waals surface area (Å²) in [4.78, 5) is 14.4. The smallest absolute Gasteiger partial charge is 0.326 e. The number of anilines is 1. The summed E-state index contributed by atoms with van der Waals surface area (Å²) in [6.07, 6.45) is 3.53. The molecule has 1 aliphatic heterocycles. The topological polar surface area (TPSA) is 73.0 Å². The van der Waals surface area contributed by atoms with Crippen LogP contribution >= 0.6 is 54.5 Å². The van der Waals surface area contributed by atoms with E-state index in [9.17, 15) is 4.79 Å². The van der Waals surface area contributed by atoms with E-state index in [0.29, 0.717) is 4.91 Å². The first-order chi connectivity index (χ1) is 14.4. The fraction of sp³-hybridized carbons (Fsp3) is 0.381. The van der Waals surface area contributed by atoms with Gasteiger partial charge in [0.25, 0.3) is 0 Å². The second-order valence-corrected chi connectivity index (χ2v) is 7.81. The zero-order chi connectivity index (χ0) is 22.5. The normalized spacial score (nSPS) is 12.7. The van der Waals surface area contributed by atoms with E-state index >= 15 is 0 Å². The third-order valence-electron chi connectivity index (χ3n) is 4.20. The van der Waals surface area contributed by atoms with Crippen molar-refractivity contribution in [3.8, 4) is 0 Å². The number of hydrogen-bond acceptors (Lipinski definition) is 3. The van der Waals surface area contributed by atoms with E-state index in [2.05, 4.69) is 43.8 Å². The Morgan fingerprint density at radius 1 is 1.21 bits per heavy atom. The van der Waals surface area contributed by atoms with Gasteiger partial charge in [-0.3, -0.25) is 4.57 Å². The summed E-state index contributed by atoms with van der Waals surface area (Å²) >= 11 is 8.76. The van der Waals surface area contributed by atoms with Crippen molar-refractivity contribution in [1.82, 2.24) is 9.55 Å². The highest BCUT2D eigenvalue weighted by Gasteiger charge is 2.04. The molecule has 1 saturated heterocycles. The minimum atomic E-state index is -0.0862. The van der Waals surface area contributed by atoms with E-state index in [4.69, 9.17) is 11.8 Å². The molecule has 0 spiro atoms. The molecule has 0 unspecified atom stereocenters. The second kappa shape index (κ2) is 14.2. The van der Waals surface area contributed by atoms with Gasteiger partial charge in [-0.05, 0) is 69.9 Å². The maximum Gasteiger partial charge on any atom is 0.326 e. The van der Waals surface area contributed by atoms with Crippen LogP contribution in [-0.2, 0) is 18.2 Å². The fourth-order valence-electron chi connectivity index (χ4n) is 2.72. The predicted octanol–water partition coefficient (Wildman–Crippen LogP) is 6.07. The molecule has 0 atom stereocenters. The standard InChI is InChI=1S/C8H7BrN2O.C8H10BrN.C4H8O.CH3I/c1-11-7-5(9)3-2-4-6(7)10-8(11)12;1-2-6-7(9)4-3-5-8(6)10;1-2-4-5-3-1;1-2/h2-4H,1H3,(H,10,12);3-5H,2,10H2,1H3;1-4H2;1H3/i;;;1D. The number of aromatic amines is 1. The first kappa shape index (κ1) is 24.4. The number of nitrogens with one attached hydrogen (secondary N) is 1. The van der Waals surface area contributed by atoms with Crippen LogP contribution in [0.4, 0.5) is 5.69 Å². The Morgan fingerprint density at radius 2 is 1.79 bits per heavy atom. The summed E-state index contributed by atoms with van der Waals surface area (Å²) < 4.78 is 14.8. The summed E-state index contributed by atoms with van der Waals surface area (Å²) in [5.74, 6) is 0. The van der Waals surface area contributed by atoms with Gasteiger partial charge in [-0.25, -0.2) is 4.79 Å². The number of benzene rings is 2. The third kappa shape index (κ3) is 8.07. The molecular weight excluding hydrogens is 613 g/mol. The van der Waals surface area contributed by atoms with E-state index in [1.807, 2.05) is 59.0 Å². The maximum atomic E-state index is 11.2. The molecule has 1 aromatic heterocycles. The van der Waals surface area contributed by atoms with Gasteiger partial charge in [0, 0.05) is 36.3 Å². The molecule has 0 saturated carbocycles. The van der Waals surface area contributed by atoms with Crippen LogP contribution < -0.4 is 11.4 Å². The van der Waals surface area contributed by atoms with Crippen LogP contribution in [0.15, 0.2) is 50.1 Å². The zero-order valence-electron chi connectivity index (χ0n) is 17.7. The lowest BCUT2D eigenvalue weighted by molar-refractivity contribution is 0.198. The van der Waals surface area contributed by atoms with Crippen LogP contribution in [0.3, 0.4) is 0 Å². The van der Waals surface area contributed by atoms with Crippen molar-refractivity contribution in [2.45, 2.75) is 26.2 Å². The molecule has 3 N–H and O–H groups in total. The monoisotopic (exact) mass is 640 g/mol. The lowest BCUT2D eigenvalue weighted by atomic mass is 10.1. The number of rotatable bonds is 1. The van der Waals surface area contributed by atoms with Crippen LogP contribution in [0.1, 0.15) is 26.7 Å². The highest BCUT2D eigenvalue weighted by Crippen LogP contribution is 2.22. The Hall–Kier alpha value is -0.840. The molecule has 3 aromatic rings. The van der Waals surface area contributed by atoms with Crippen LogP contribution in [0.5, 0.6) is 0 Å². The fourth-order valence-corrected chi connectivity index (χ4v) is 4.01. The summed E-state index contributed by atoms with van der Waals surface area (Å²) in [5.41, 5.74) is 9.45. The van der Waals surface area contributed by atoms with Crippen LogP contribution in [0, 0.1) is 0 Å². The van der Waals surface area contributed by atoms with Gasteiger partial charge in [-0.15, -0.1) is 0 Å². The molecule has 2 aromatic carbocycles. The Morgan fingerprint density at radius 3 is 2.24 bits per heavy atom. The van der Waals surface area contributed by atoms with E-state index in [0.717, 1.165) is 45.3 Å². The number of alkyl halides is 1. The van der Waals surface area contributed by atoms with Gasteiger partial charge in [0.05, 0.1) is 11.0 Å². The average molecular weight is 642 g/mol. The van der Waals surface area contributed by atoms with Crippen molar-refractivity contribution in [2.24, 2.45) is 7.05 Å². The molecule has 0 amide bonds. The number of fused-ring (bicyclic) bond motifs is 1. The summed E-state index contributed by atoms with van der Waals surface area (Å²) in [6, 6.07) is 11.6. The Labute approximate surface area is 204 Å². The van der Waals surface area contributed by atoms with Gasteiger partial charge in [-0.2, -0.15) is 0 Å². The van der Waals surface area contributed by atoms with Gasteiger partial charge in [0.15, 0.2) is 0 Å². The number of hydrogen-bond donors (Lipinski definition) is 2. The number of nitrogen functional groups attached to an aromatic ring is 1. The van der Waals surface area contributed by atoms with Gasteiger partial charge in [0.1, 0.15) is 0 Å². The second-order valence-electron chi connectivity index (χ2n) is 6.11. The third-order valence-corrected chi connectivity index (χ3v) is 5.59. The molecule has 0 radical (unpaired) electrons. The molecule has 8 heteroatoms. The molecule has 4 rings (SSSR count). The number of H-pyrrole nitrogens is 1. The van der Waals surface area contributed by atoms with Gasteiger partial charge in [0.2, 0.25) is 0 Å². The van der Waals surface area contributed by atoms with Crippen molar-refractivity contribution in [2.75, 3.05) is 23.9 Å². The zero-order valence-corrected chi connectivity index (χ0v) is 22.0. The number of para-hydroxylation sites is 1. The van der Waals surface area contributed by atoms with Crippen molar-refractivity contribution in [1.29, 1.82) is 0 Å². The predicted molar refractivity (Wildman–Crippen MR) is 139 cm³/mol. The Bertz CT molecular complexity index is 931. The number of aryl methyl sites for hydroxylation is 1. The Kier molecular flexibility index (Phi) is 12.0. The first-order valence-corrected chi connectivity index (χ1v) is 12.3. The number of imidazole rings is 1. The van der Waals surface area contributed by atoms with Gasteiger partial charge >= 0.3 is 5.69 Å². The molecular formula is C21H28Br2IN3O2. The first-order valence-electron chi connectivity index (χ1n) is 9.87. The lowest BCUT2D eigenvalue weighted by Gasteiger charge is -2.03. The molecule has 1 fully saturated rings. The minimum absolute atomic E-state index is 0.0862. The minimum Gasteiger partial charge on any atom is -0.398 e.